The smallest absolute Gasteiger partial charge is 0.261 e. The van der Waals surface area contributed by atoms with Crippen LogP contribution in [0.1, 0.15) is 11.1 Å². The van der Waals surface area contributed by atoms with E-state index in [1.165, 1.54) is 19.2 Å². The van der Waals surface area contributed by atoms with E-state index >= 15 is 0 Å². The van der Waals surface area contributed by atoms with Crippen molar-refractivity contribution in [3.63, 3.8) is 0 Å². The largest absolute Gasteiger partial charge is 0.484 e. The molecule has 6 nitrogen and oxygen atoms in total. The van der Waals surface area contributed by atoms with E-state index in [-0.39, 0.29) is 17.4 Å². The molecule has 0 aliphatic carbocycles. The van der Waals surface area contributed by atoms with Crippen LogP contribution >= 0.6 is 0 Å². The van der Waals surface area contributed by atoms with Crippen molar-refractivity contribution in [1.29, 1.82) is 0 Å². The molecule has 0 saturated carbocycles. The van der Waals surface area contributed by atoms with Gasteiger partial charge in [-0.25, -0.2) is 8.42 Å². The van der Waals surface area contributed by atoms with Crippen molar-refractivity contribution < 1.29 is 17.9 Å². The Kier molecular flexibility index (Phi) is 5.46. The maximum Gasteiger partial charge on any atom is 0.261 e. The molecule has 0 aliphatic heterocycles. The molecule has 0 radical (unpaired) electrons. The Balaban J connectivity index is 2.17. The predicted octanol–water partition coefficient (Wildman–Crippen LogP) is 2.23. The third-order valence-electron chi connectivity index (χ3n) is 3.40. The van der Waals surface area contributed by atoms with Crippen molar-refractivity contribution in [2.45, 2.75) is 18.7 Å². The summed E-state index contributed by atoms with van der Waals surface area (Å²) in [5, 5.41) is 2.45. The standard InChI is InChI=1S/C17H20N2O4S/c1-12-4-6-14(7-5-12)19-24(21,22)15-8-9-16(13(2)10-15)23-11-17(20)18-3/h4-10,19H,11H2,1-3H3,(H,18,20). The Morgan fingerprint density at radius 1 is 1.08 bits per heavy atom. The quantitative estimate of drug-likeness (QED) is 0.838. The number of carbonyl (C=O) groups is 1. The molecule has 0 atom stereocenters. The van der Waals surface area contributed by atoms with Crippen LogP contribution in [0.3, 0.4) is 0 Å². The second kappa shape index (κ2) is 7.35. The first-order valence-electron chi connectivity index (χ1n) is 7.35. The van der Waals surface area contributed by atoms with Crippen LogP contribution in [0.25, 0.3) is 0 Å². The highest BCUT2D eigenvalue weighted by atomic mass is 32.2. The second-order valence-corrected chi connectivity index (χ2v) is 7.04. The molecule has 7 heteroatoms. The lowest BCUT2D eigenvalue weighted by atomic mass is 10.2. The Labute approximate surface area is 141 Å². The number of aryl methyl sites for hydroxylation is 2. The minimum Gasteiger partial charge on any atom is -0.484 e. The van der Waals surface area contributed by atoms with E-state index in [1.807, 2.05) is 19.1 Å². The molecule has 0 spiro atoms. The lowest BCUT2D eigenvalue weighted by Gasteiger charge is -2.12. The van der Waals surface area contributed by atoms with E-state index in [9.17, 15) is 13.2 Å². The van der Waals surface area contributed by atoms with Crippen LogP contribution in [0.15, 0.2) is 47.4 Å². The summed E-state index contributed by atoms with van der Waals surface area (Å²) in [6.45, 7) is 3.54. The van der Waals surface area contributed by atoms with Gasteiger partial charge < -0.3 is 10.1 Å². The molecule has 1 amide bonds. The maximum atomic E-state index is 12.4. The van der Waals surface area contributed by atoms with Gasteiger partial charge in [0.2, 0.25) is 0 Å². The number of amides is 1. The number of ether oxygens (including phenoxy) is 1. The van der Waals surface area contributed by atoms with E-state index in [0.29, 0.717) is 17.0 Å². The molecule has 2 aromatic carbocycles. The van der Waals surface area contributed by atoms with E-state index in [2.05, 4.69) is 10.0 Å². The van der Waals surface area contributed by atoms with Gasteiger partial charge >= 0.3 is 0 Å². The van der Waals surface area contributed by atoms with Crippen LogP contribution < -0.4 is 14.8 Å². The summed E-state index contributed by atoms with van der Waals surface area (Å²) in [6, 6.07) is 11.6. The molecule has 2 rings (SSSR count). The van der Waals surface area contributed by atoms with Crippen LogP contribution in [-0.2, 0) is 14.8 Å². The van der Waals surface area contributed by atoms with Crippen molar-refractivity contribution in [1.82, 2.24) is 5.32 Å². The maximum absolute atomic E-state index is 12.4. The van der Waals surface area contributed by atoms with Crippen molar-refractivity contribution >= 4 is 21.6 Å². The number of nitrogens with one attached hydrogen (secondary N) is 2. The van der Waals surface area contributed by atoms with Crippen LogP contribution in [0.4, 0.5) is 5.69 Å². The van der Waals surface area contributed by atoms with Gasteiger partial charge in [0.05, 0.1) is 4.90 Å². The van der Waals surface area contributed by atoms with E-state index in [4.69, 9.17) is 4.74 Å². The van der Waals surface area contributed by atoms with Gasteiger partial charge in [0.1, 0.15) is 5.75 Å². The monoisotopic (exact) mass is 348 g/mol. The minimum atomic E-state index is -3.69. The highest BCUT2D eigenvalue weighted by Gasteiger charge is 2.16. The van der Waals surface area contributed by atoms with Gasteiger partial charge in [0.25, 0.3) is 15.9 Å². The zero-order valence-electron chi connectivity index (χ0n) is 13.8. The number of hydrogen-bond acceptors (Lipinski definition) is 4. The number of likely N-dealkylation sites (N-methyl/N-ethyl adjacent to an activating group) is 1. The lowest BCUT2D eigenvalue weighted by molar-refractivity contribution is -0.122. The fourth-order valence-corrected chi connectivity index (χ4v) is 3.15. The van der Waals surface area contributed by atoms with Gasteiger partial charge in [-0.15, -0.1) is 0 Å². The third kappa shape index (κ3) is 4.48. The molecule has 0 bridgehead atoms. The number of rotatable bonds is 6. The van der Waals surface area contributed by atoms with Crippen molar-refractivity contribution in [3.05, 3.63) is 53.6 Å². The Morgan fingerprint density at radius 3 is 2.33 bits per heavy atom. The first-order chi connectivity index (χ1) is 11.3. The first-order valence-corrected chi connectivity index (χ1v) is 8.83. The molecular formula is C17H20N2O4S. The molecule has 128 valence electrons. The molecule has 0 saturated heterocycles. The highest BCUT2D eigenvalue weighted by Crippen LogP contribution is 2.23. The van der Waals surface area contributed by atoms with Gasteiger partial charge in [0.15, 0.2) is 6.61 Å². The summed E-state index contributed by atoms with van der Waals surface area (Å²) >= 11 is 0. The lowest BCUT2D eigenvalue weighted by Crippen LogP contribution is -2.25. The molecule has 0 heterocycles. The van der Waals surface area contributed by atoms with Gasteiger partial charge in [-0.05, 0) is 49.7 Å². The number of sulfonamides is 1. The second-order valence-electron chi connectivity index (χ2n) is 5.36. The Hall–Kier alpha value is -2.54. The van der Waals surface area contributed by atoms with E-state index in [1.54, 1.807) is 25.1 Å². The zero-order valence-corrected chi connectivity index (χ0v) is 14.6. The molecule has 2 aromatic rings. The minimum absolute atomic E-state index is 0.120. The van der Waals surface area contributed by atoms with Crippen LogP contribution in [0.2, 0.25) is 0 Å². The van der Waals surface area contributed by atoms with Gasteiger partial charge in [0, 0.05) is 12.7 Å². The van der Waals surface area contributed by atoms with Crippen LogP contribution in [-0.4, -0.2) is 28.0 Å². The summed E-state index contributed by atoms with van der Waals surface area (Å²) < 4.78 is 32.8. The van der Waals surface area contributed by atoms with E-state index < -0.39 is 10.0 Å². The normalized spacial score (nSPS) is 11.0. The molecular weight excluding hydrogens is 328 g/mol. The number of carbonyl (C=O) groups excluding carboxylic acids is 1. The number of anilines is 1. The topological polar surface area (TPSA) is 84.5 Å². The predicted molar refractivity (Wildman–Crippen MR) is 92.7 cm³/mol. The average molecular weight is 348 g/mol. The fraction of sp³-hybridized carbons (Fsp3) is 0.235. The number of hydrogen-bond donors (Lipinski definition) is 2. The van der Waals surface area contributed by atoms with Crippen LogP contribution in [0, 0.1) is 13.8 Å². The molecule has 24 heavy (non-hydrogen) atoms. The Morgan fingerprint density at radius 2 is 1.75 bits per heavy atom. The number of benzene rings is 2. The van der Waals surface area contributed by atoms with E-state index in [0.717, 1.165) is 5.56 Å². The molecule has 2 N–H and O–H groups in total. The Bertz CT molecular complexity index is 830. The summed E-state index contributed by atoms with van der Waals surface area (Å²) in [7, 11) is -2.17. The van der Waals surface area contributed by atoms with Crippen LogP contribution in [0.5, 0.6) is 5.75 Å². The van der Waals surface area contributed by atoms with Crippen molar-refractivity contribution in [2.75, 3.05) is 18.4 Å². The van der Waals surface area contributed by atoms with Gasteiger partial charge in [-0.1, -0.05) is 17.7 Å². The molecule has 0 fully saturated rings. The highest BCUT2D eigenvalue weighted by molar-refractivity contribution is 7.92. The average Bonchev–Trinajstić information content (AvgIpc) is 2.55. The molecule has 0 aromatic heterocycles. The molecule has 0 aliphatic rings. The van der Waals surface area contributed by atoms with Crippen molar-refractivity contribution in [2.24, 2.45) is 0 Å². The zero-order chi connectivity index (χ0) is 17.7. The SMILES string of the molecule is CNC(=O)COc1ccc(S(=O)(=O)Nc2ccc(C)cc2)cc1C. The fourth-order valence-electron chi connectivity index (χ4n) is 2.00. The first kappa shape index (κ1) is 17.8. The third-order valence-corrected chi connectivity index (χ3v) is 4.78. The molecule has 0 unspecified atom stereocenters. The summed E-state index contributed by atoms with van der Waals surface area (Å²) in [6.07, 6.45) is 0. The summed E-state index contributed by atoms with van der Waals surface area (Å²) in [5.41, 5.74) is 2.18. The summed E-state index contributed by atoms with van der Waals surface area (Å²) in [5.74, 6) is 0.208. The summed E-state index contributed by atoms with van der Waals surface area (Å²) in [4.78, 5) is 11.3. The van der Waals surface area contributed by atoms with Gasteiger partial charge in [-0.2, -0.15) is 0 Å². The van der Waals surface area contributed by atoms with Crippen molar-refractivity contribution in [3.8, 4) is 5.75 Å². The van der Waals surface area contributed by atoms with Gasteiger partial charge in [-0.3, -0.25) is 9.52 Å².